The zero-order valence-corrected chi connectivity index (χ0v) is 17.7. The van der Waals surface area contributed by atoms with E-state index in [0.29, 0.717) is 45.9 Å². The van der Waals surface area contributed by atoms with Crippen LogP contribution in [0.5, 0.6) is 11.5 Å². The summed E-state index contributed by atoms with van der Waals surface area (Å²) in [4.78, 5) is 29.4. The van der Waals surface area contributed by atoms with E-state index >= 15 is 0 Å². The number of rotatable bonds is 6. The first kappa shape index (κ1) is 21.3. The summed E-state index contributed by atoms with van der Waals surface area (Å²) in [5.41, 5.74) is 1.05. The smallest absolute Gasteiger partial charge is 0.237 e. The Kier molecular flexibility index (Phi) is 7.17. The summed E-state index contributed by atoms with van der Waals surface area (Å²) < 4.78 is 11.4. The van der Waals surface area contributed by atoms with E-state index in [4.69, 9.17) is 9.47 Å². The van der Waals surface area contributed by atoms with Gasteiger partial charge in [-0.3, -0.25) is 14.5 Å². The van der Waals surface area contributed by atoms with Gasteiger partial charge >= 0.3 is 0 Å². The van der Waals surface area contributed by atoms with E-state index in [-0.39, 0.29) is 18.2 Å². The molecule has 0 bridgehead atoms. The zero-order chi connectivity index (χ0) is 21.5. The summed E-state index contributed by atoms with van der Waals surface area (Å²) in [5, 5.41) is 2.91. The monoisotopic (exact) mass is 423 g/mol. The summed E-state index contributed by atoms with van der Waals surface area (Å²) in [5.74, 6) is 1.46. The molecule has 0 spiro atoms. The molecule has 0 unspecified atom stereocenters. The van der Waals surface area contributed by atoms with E-state index < -0.39 is 6.04 Å². The Morgan fingerprint density at radius 3 is 2.74 bits per heavy atom. The number of ether oxygens (including phenoxy) is 2. The molecule has 164 valence electrons. The minimum Gasteiger partial charge on any atom is -0.457 e. The lowest BCUT2D eigenvalue weighted by Gasteiger charge is -2.35. The molecule has 7 nitrogen and oxygen atoms in total. The van der Waals surface area contributed by atoms with Gasteiger partial charge in [-0.15, -0.1) is 0 Å². The summed E-state index contributed by atoms with van der Waals surface area (Å²) in [6.45, 7) is 4.39. The van der Waals surface area contributed by atoms with Crippen LogP contribution in [0.25, 0.3) is 0 Å². The molecule has 2 aliphatic heterocycles. The van der Waals surface area contributed by atoms with E-state index in [1.54, 1.807) is 0 Å². The Hall–Kier alpha value is -2.90. The van der Waals surface area contributed by atoms with Crippen molar-refractivity contribution in [2.45, 2.75) is 25.4 Å². The second-order valence-electron chi connectivity index (χ2n) is 7.89. The molecule has 2 aliphatic rings. The van der Waals surface area contributed by atoms with E-state index in [2.05, 4.69) is 10.2 Å². The van der Waals surface area contributed by atoms with Gasteiger partial charge in [0.05, 0.1) is 19.1 Å². The molecular weight excluding hydrogens is 394 g/mol. The summed E-state index contributed by atoms with van der Waals surface area (Å²) in [6, 6.07) is 17.1. The lowest BCUT2D eigenvalue weighted by molar-refractivity contribution is -0.139. The SMILES string of the molecule is O=C1NCCN(Cc2cccc(Oc3ccccc3)c2)[C@@H]1CC(=O)N1CCCOCC1. The molecule has 2 aromatic carbocycles. The van der Waals surface area contributed by atoms with E-state index in [1.165, 1.54) is 0 Å². The van der Waals surface area contributed by atoms with Crippen molar-refractivity contribution in [3.8, 4) is 11.5 Å². The number of benzene rings is 2. The van der Waals surface area contributed by atoms with Gasteiger partial charge in [-0.1, -0.05) is 30.3 Å². The molecule has 2 amide bonds. The highest BCUT2D eigenvalue weighted by atomic mass is 16.5. The highest BCUT2D eigenvalue weighted by Gasteiger charge is 2.33. The third-order valence-corrected chi connectivity index (χ3v) is 5.65. The van der Waals surface area contributed by atoms with Crippen molar-refractivity contribution in [1.82, 2.24) is 15.1 Å². The van der Waals surface area contributed by atoms with Crippen molar-refractivity contribution in [1.29, 1.82) is 0 Å². The molecule has 2 fully saturated rings. The molecule has 2 saturated heterocycles. The Bertz CT molecular complexity index is 881. The van der Waals surface area contributed by atoms with Gasteiger partial charge in [0.25, 0.3) is 0 Å². The van der Waals surface area contributed by atoms with Crippen LogP contribution in [0.1, 0.15) is 18.4 Å². The van der Waals surface area contributed by atoms with E-state index in [0.717, 1.165) is 23.5 Å². The molecule has 2 heterocycles. The molecule has 1 N–H and O–H groups in total. The van der Waals surface area contributed by atoms with Crippen LogP contribution in [0.4, 0.5) is 0 Å². The molecule has 0 aliphatic carbocycles. The first-order chi connectivity index (χ1) is 15.2. The lowest BCUT2D eigenvalue weighted by atomic mass is 10.1. The zero-order valence-electron chi connectivity index (χ0n) is 17.7. The van der Waals surface area contributed by atoms with Crippen molar-refractivity contribution >= 4 is 11.8 Å². The second kappa shape index (κ2) is 10.4. The average Bonchev–Trinajstić information content (AvgIpc) is 3.07. The summed E-state index contributed by atoms with van der Waals surface area (Å²) in [7, 11) is 0. The number of amides is 2. The van der Waals surface area contributed by atoms with Gasteiger partial charge in [-0.05, 0) is 36.2 Å². The maximum absolute atomic E-state index is 12.9. The number of piperazine rings is 1. The Morgan fingerprint density at radius 1 is 1.03 bits per heavy atom. The molecule has 0 saturated carbocycles. The fourth-order valence-corrected chi connectivity index (χ4v) is 4.03. The van der Waals surface area contributed by atoms with Gasteiger partial charge in [-0.2, -0.15) is 0 Å². The third-order valence-electron chi connectivity index (χ3n) is 5.65. The number of para-hydroxylation sites is 1. The highest BCUT2D eigenvalue weighted by Crippen LogP contribution is 2.23. The van der Waals surface area contributed by atoms with Crippen LogP contribution < -0.4 is 10.1 Å². The van der Waals surface area contributed by atoms with Gasteiger partial charge in [0.15, 0.2) is 0 Å². The van der Waals surface area contributed by atoms with Gasteiger partial charge in [0, 0.05) is 39.3 Å². The maximum Gasteiger partial charge on any atom is 0.237 e. The standard InChI is InChI=1S/C24H29N3O4/c28-23(26-11-5-14-30-15-13-26)17-22-24(29)25-10-12-27(22)18-19-6-4-9-21(16-19)31-20-7-2-1-3-8-20/h1-4,6-9,16,22H,5,10-15,17-18H2,(H,25,29)/t22-/m1/s1. The number of carbonyl (C=O) groups is 2. The molecule has 4 rings (SSSR count). The Balaban J connectivity index is 1.42. The van der Waals surface area contributed by atoms with Crippen LogP contribution in [0, 0.1) is 0 Å². The predicted octanol–water partition coefficient (Wildman–Crippen LogP) is 2.42. The predicted molar refractivity (Wildman–Crippen MR) is 117 cm³/mol. The molecule has 0 aromatic heterocycles. The number of nitrogens with zero attached hydrogens (tertiary/aromatic N) is 2. The third kappa shape index (κ3) is 5.83. The number of carbonyl (C=O) groups excluding carboxylic acids is 2. The van der Waals surface area contributed by atoms with Gasteiger partial charge in [0.1, 0.15) is 11.5 Å². The fourth-order valence-electron chi connectivity index (χ4n) is 4.03. The van der Waals surface area contributed by atoms with Gasteiger partial charge in [0.2, 0.25) is 11.8 Å². The normalized spacial score (nSPS) is 20.1. The first-order valence-corrected chi connectivity index (χ1v) is 10.9. The summed E-state index contributed by atoms with van der Waals surface area (Å²) >= 11 is 0. The van der Waals surface area contributed by atoms with Gasteiger partial charge < -0.3 is 19.7 Å². The number of hydrogen-bond acceptors (Lipinski definition) is 5. The van der Waals surface area contributed by atoms with Crippen molar-refractivity contribution < 1.29 is 19.1 Å². The molecule has 0 radical (unpaired) electrons. The van der Waals surface area contributed by atoms with Crippen LogP contribution in [-0.4, -0.2) is 67.0 Å². The van der Waals surface area contributed by atoms with Gasteiger partial charge in [-0.25, -0.2) is 0 Å². The molecule has 2 aromatic rings. The average molecular weight is 424 g/mol. The van der Waals surface area contributed by atoms with Crippen molar-refractivity contribution in [3.05, 3.63) is 60.2 Å². The lowest BCUT2D eigenvalue weighted by Crippen LogP contribution is -2.56. The summed E-state index contributed by atoms with van der Waals surface area (Å²) in [6.07, 6.45) is 1.02. The Labute approximate surface area is 182 Å². The van der Waals surface area contributed by atoms with Crippen LogP contribution in [0.3, 0.4) is 0 Å². The topological polar surface area (TPSA) is 71.1 Å². The quantitative estimate of drug-likeness (QED) is 0.773. The first-order valence-electron chi connectivity index (χ1n) is 10.9. The molecule has 1 atom stereocenters. The van der Waals surface area contributed by atoms with Crippen molar-refractivity contribution in [2.24, 2.45) is 0 Å². The number of nitrogens with one attached hydrogen (secondary N) is 1. The highest BCUT2D eigenvalue weighted by molar-refractivity contribution is 5.88. The largest absolute Gasteiger partial charge is 0.457 e. The molecule has 7 heteroatoms. The van der Waals surface area contributed by atoms with E-state index in [9.17, 15) is 9.59 Å². The molecule has 31 heavy (non-hydrogen) atoms. The maximum atomic E-state index is 12.9. The van der Waals surface area contributed by atoms with Crippen LogP contribution >= 0.6 is 0 Å². The van der Waals surface area contributed by atoms with E-state index in [1.807, 2.05) is 59.5 Å². The van der Waals surface area contributed by atoms with Crippen LogP contribution in [0.2, 0.25) is 0 Å². The van der Waals surface area contributed by atoms with Crippen molar-refractivity contribution in [2.75, 3.05) is 39.4 Å². The fraction of sp³-hybridized carbons (Fsp3) is 0.417. The minimum atomic E-state index is -0.468. The number of hydrogen-bond donors (Lipinski definition) is 1. The molecular formula is C24H29N3O4. The van der Waals surface area contributed by atoms with Crippen molar-refractivity contribution in [3.63, 3.8) is 0 Å². The van der Waals surface area contributed by atoms with Crippen LogP contribution in [0.15, 0.2) is 54.6 Å². The minimum absolute atomic E-state index is 0.0127. The Morgan fingerprint density at radius 2 is 1.87 bits per heavy atom. The second-order valence-corrected chi connectivity index (χ2v) is 7.89. The van der Waals surface area contributed by atoms with Crippen LogP contribution in [-0.2, 0) is 20.9 Å².